The van der Waals surface area contributed by atoms with Crippen LogP contribution in [0, 0.1) is 12.8 Å². The van der Waals surface area contributed by atoms with Gasteiger partial charge in [0.2, 0.25) is 15.9 Å². The van der Waals surface area contributed by atoms with Gasteiger partial charge in [-0.2, -0.15) is 0 Å². The number of rotatable bonds is 5. The Morgan fingerprint density at radius 2 is 2.09 bits per heavy atom. The average molecular weight is 342 g/mol. The van der Waals surface area contributed by atoms with Crippen LogP contribution >= 0.6 is 0 Å². The normalized spacial score (nSPS) is 22.6. The van der Waals surface area contributed by atoms with Crippen molar-refractivity contribution in [1.29, 1.82) is 0 Å². The predicted molar refractivity (Wildman–Crippen MR) is 88.4 cm³/mol. The van der Waals surface area contributed by atoms with Gasteiger partial charge in [0.1, 0.15) is 11.5 Å². The summed E-state index contributed by atoms with van der Waals surface area (Å²) >= 11 is 0. The van der Waals surface area contributed by atoms with Gasteiger partial charge < -0.3 is 9.32 Å². The van der Waals surface area contributed by atoms with Crippen molar-refractivity contribution < 1.29 is 17.6 Å². The topological polar surface area (TPSA) is 70.8 Å². The molecular weight excluding hydrogens is 316 g/mol. The highest BCUT2D eigenvalue weighted by Gasteiger charge is 2.33. The molecule has 2 atom stereocenters. The fraction of sp³-hybridized carbons (Fsp3) is 0.688. The van der Waals surface area contributed by atoms with Gasteiger partial charge in [0.15, 0.2) is 0 Å². The van der Waals surface area contributed by atoms with Gasteiger partial charge in [-0.05, 0) is 37.8 Å². The number of nitrogens with zero attached hydrogens (tertiary/aromatic N) is 2. The number of carbonyl (C=O) groups is 1. The summed E-state index contributed by atoms with van der Waals surface area (Å²) in [4.78, 5) is 14.3. The van der Waals surface area contributed by atoms with Gasteiger partial charge in [-0.3, -0.25) is 4.79 Å². The largest absolute Gasteiger partial charge is 0.464 e. The van der Waals surface area contributed by atoms with E-state index in [9.17, 15) is 13.2 Å². The number of hydrogen-bond donors (Lipinski definition) is 0. The van der Waals surface area contributed by atoms with Crippen molar-refractivity contribution in [3.63, 3.8) is 0 Å². The Balaban J connectivity index is 2.10. The summed E-state index contributed by atoms with van der Waals surface area (Å²) in [5.74, 6) is 1.84. The first-order valence-electron chi connectivity index (χ1n) is 7.96. The van der Waals surface area contributed by atoms with Gasteiger partial charge in [-0.25, -0.2) is 12.7 Å². The second-order valence-corrected chi connectivity index (χ2v) is 8.83. The Morgan fingerprint density at radius 1 is 1.39 bits per heavy atom. The molecule has 2 heterocycles. The van der Waals surface area contributed by atoms with E-state index >= 15 is 0 Å². The molecule has 0 saturated carbocycles. The summed E-state index contributed by atoms with van der Waals surface area (Å²) in [7, 11) is -0.392. The maximum absolute atomic E-state index is 12.6. The highest BCUT2D eigenvalue weighted by Crippen LogP contribution is 2.35. The maximum atomic E-state index is 12.6. The lowest BCUT2D eigenvalue weighted by Crippen LogP contribution is -2.41. The van der Waals surface area contributed by atoms with Crippen LogP contribution in [0.1, 0.15) is 43.7 Å². The fourth-order valence-electron chi connectivity index (χ4n) is 2.88. The van der Waals surface area contributed by atoms with Gasteiger partial charge >= 0.3 is 0 Å². The summed E-state index contributed by atoms with van der Waals surface area (Å²) in [6.07, 6.45) is 1.78. The van der Waals surface area contributed by atoms with E-state index in [2.05, 4.69) is 6.92 Å². The van der Waals surface area contributed by atoms with Crippen LogP contribution in [0.15, 0.2) is 16.5 Å². The van der Waals surface area contributed by atoms with E-state index in [1.54, 1.807) is 4.90 Å². The Morgan fingerprint density at radius 3 is 2.65 bits per heavy atom. The molecular formula is C16H26N2O4S. The lowest BCUT2D eigenvalue weighted by molar-refractivity contribution is -0.135. The molecule has 0 N–H and O–H groups in total. The average Bonchev–Trinajstić information content (AvgIpc) is 2.91. The Hall–Kier alpha value is -1.34. The molecule has 1 aromatic rings. The third-order valence-electron chi connectivity index (χ3n) is 4.40. The van der Waals surface area contributed by atoms with Crippen molar-refractivity contribution in [1.82, 2.24) is 9.21 Å². The Kier molecular flexibility index (Phi) is 5.52. The van der Waals surface area contributed by atoms with Crippen LogP contribution in [-0.4, -0.2) is 49.9 Å². The van der Waals surface area contributed by atoms with Gasteiger partial charge in [-0.1, -0.05) is 6.92 Å². The minimum atomic E-state index is -3.36. The van der Waals surface area contributed by atoms with Crippen LogP contribution in [0.5, 0.6) is 0 Å². The number of furan rings is 1. The molecule has 1 saturated heterocycles. The number of sulfonamides is 1. The van der Waals surface area contributed by atoms with E-state index < -0.39 is 10.0 Å². The first-order valence-corrected chi connectivity index (χ1v) is 9.57. The van der Waals surface area contributed by atoms with Crippen LogP contribution in [-0.2, 0) is 14.8 Å². The molecule has 0 aliphatic carbocycles. The van der Waals surface area contributed by atoms with E-state index in [0.717, 1.165) is 28.7 Å². The number of likely N-dealkylation sites (tertiary alicyclic amines) is 1. The van der Waals surface area contributed by atoms with E-state index in [4.69, 9.17) is 4.42 Å². The summed E-state index contributed by atoms with van der Waals surface area (Å²) in [5.41, 5.74) is 0. The molecule has 1 fully saturated rings. The number of amides is 1. The van der Waals surface area contributed by atoms with E-state index in [-0.39, 0.29) is 24.1 Å². The van der Waals surface area contributed by atoms with Crippen molar-refractivity contribution in [2.45, 2.75) is 39.2 Å². The van der Waals surface area contributed by atoms with Crippen molar-refractivity contribution in [3.8, 4) is 0 Å². The molecule has 0 unspecified atom stereocenters. The van der Waals surface area contributed by atoms with Crippen molar-refractivity contribution in [2.75, 3.05) is 26.4 Å². The number of piperidine rings is 1. The smallest absolute Gasteiger partial charge is 0.224 e. The summed E-state index contributed by atoms with van der Waals surface area (Å²) in [6, 6.07) is 3.71. The first kappa shape index (κ1) is 18.0. The lowest BCUT2D eigenvalue weighted by Gasteiger charge is -2.37. The minimum Gasteiger partial charge on any atom is -0.464 e. The minimum absolute atomic E-state index is 0.00504. The molecule has 6 nitrogen and oxygen atoms in total. The highest BCUT2D eigenvalue weighted by molar-refractivity contribution is 7.89. The van der Waals surface area contributed by atoms with Crippen LogP contribution in [0.25, 0.3) is 0 Å². The lowest BCUT2D eigenvalue weighted by atomic mass is 9.91. The zero-order chi connectivity index (χ0) is 17.2. The highest BCUT2D eigenvalue weighted by atomic mass is 32.2. The molecule has 23 heavy (non-hydrogen) atoms. The zero-order valence-electron chi connectivity index (χ0n) is 14.3. The SMILES string of the molecule is Cc1ccc([C@@H]2C[C@@H](C)CCN2C(=O)CCS(=O)(=O)N(C)C)o1. The van der Waals surface area contributed by atoms with E-state index in [1.165, 1.54) is 14.1 Å². The zero-order valence-corrected chi connectivity index (χ0v) is 15.1. The summed E-state index contributed by atoms with van der Waals surface area (Å²) < 4.78 is 30.6. The standard InChI is InChI=1S/C16H26N2O4S/c1-12-7-9-18(14(11-12)15-6-5-13(2)22-15)16(19)8-10-23(20,21)17(3)4/h5-6,12,14H,7-11H2,1-4H3/t12-,14-/m0/s1. The molecule has 0 radical (unpaired) electrons. The molecule has 0 spiro atoms. The summed E-state index contributed by atoms with van der Waals surface area (Å²) in [6.45, 7) is 4.69. The molecule has 0 bridgehead atoms. The molecule has 130 valence electrons. The van der Waals surface area contributed by atoms with Crippen molar-refractivity contribution in [2.24, 2.45) is 5.92 Å². The first-order chi connectivity index (χ1) is 10.7. The van der Waals surface area contributed by atoms with Crippen LogP contribution < -0.4 is 0 Å². The predicted octanol–water partition coefficient (Wildman–Crippen LogP) is 2.17. The second-order valence-electron chi connectivity index (χ2n) is 6.53. The van der Waals surface area contributed by atoms with Crippen molar-refractivity contribution >= 4 is 15.9 Å². The summed E-state index contributed by atoms with van der Waals surface area (Å²) in [5, 5.41) is 0. The van der Waals surface area contributed by atoms with Crippen LogP contribution in [0.4, 0.5) is 0 Å². The molecule has 1 aliphatic heterocycles. The Bertz CT molecular complexity index is 651. The van der Waals surface area contributed by atoms with Crippen LogP contribution in [0.2, 0.25) is 0 Å². The molecule has 1 aromatic heterocycles. The Labute approximate surface area is 138 Å². The van der Waals surface area contributed by atoms with E-state index in [1.807, 2.05) is 19.1 Å². The van der Waals surface area contributed by atoms with Crippen LogP contribution in [0.3, 0.4) is 0 Å². The third kappa shape index (κ3) is 4.35. The maximum Gasteiger partial charge on any atom is 0.224 e. The van der Waals surface area contributed by atoms with Gasteiger partial charge in [0, 0.05) is 27.1 Å². The van der Waals surface area contributed by atoms with E-state index in [0.29, 0.717) is 12.5 Å². The van der Waals surface area contributed by atoms with Gasteiger partial charge in [-0.15, -0.1) is 0 Å². The molecule has 1 aliphatic rings. The fourth-order valence-corrected chi connectivity index (χ4v) is 3.68. The molecule has 1 amide bonds. The second kappa shape index (κ2) is 7.05. The molecule has 0 aromatic carbocycles. The molecule has 7 heteroatoms. The monoisotopic (exact) mass is 342 g/mol. The molecule has 2 rings (SSSR count). The number of carbonyl (C=O) groups excluding carboxylic acids is 1. The van der Waals surface area contributed by atoms with Gasteiger partial charge in [0.25, 0.3) is 0 Å². The van der Waals surface area contributed by atoms with Crippen molar-refractivity contribution in [3.05, 3.63) is 23.7 Å². The number of hydrogen-bond acceptors (Lipinski definition) is 4. The quantitative estimate of drug-likeness (QED) is 0.822. The van der Waals surface area contributed by atoms with Gasteiger partial charge in [0.05, 0.1) is 11.8 Å². The third-order valence-corrected chi connectivity index (χ3v) is 6.24. The number of aryl methyl sites for hydroxylation is 1.